The van der Waals surface area contributed by atoms with Crippen LogP contribution in [0.15, 0.2) is 26.9 Å². The van der Waals surface area contributed by atoms with Crippen molar-refractivity contribution in [2.45, 2.75) is 25.9 Å². The van der Waals surface area contributed by atoms with Crippen LogP contribution in [-0.4, -0.2) is 37.6 Å². The largest absolute Gasteiger partial charge is 0.463 e. The quantitative estimate of drug-likeness (QED) is 0.514. The molecule has 0 saturated heterocycles. The molecule has 1 aromatic carbocycles. The van der Waals surface area contributed by atoms with Gasteiger partial charge in [-0.2, -0.15) is 0 Å². The maximum absolute atomic E-state index is 14.7. The fraction of sp³-hybridized carbons (Fsp3) is 0.389. The lowest BCUT2D eigenvalue weighted by Gasteiger charge is -2.18. The molecule has 1 atom stereocenters. The smallest absolute Gasteiger partial charge is 0.353 e. The lowest BCUT2D eigenvalue weighted by atomic mass is 9.95. The second-order valence-electron chi connectivity index (χ2n) is 6.84. The van der Waals surface area contributed by atoms with Gasteiger partial charge in [-0.25, -0.2) is 23.3 Å². The van der Waals surface area contributed by atoms with Gasteiger partial charge in [-0.05, 0) is 38.2 Å². The van der Waals surface area contributed by atoms with Gasteiger partial charge < -0.3 is 9.57 Å². The highest BCUT2D eigenvalue weighted by atomic mass is 35.5. The highest BCUT2D eigenvalue weighted by molar-refractivity contribution is 7.71. The summed E-state index contributed by atoms with van der Waals surface area (Å²) in [6.07, 6.45) is 0.00239. The average molecular weight is 457 g/mol. The first-order chi connectivity index (χ1) is 14.0. The van der Waals surface area contributed by atoms with Gasteiger partial charge in [-0.1, -0.05) is 16.8 Å². The first-order valence-electron chi connectivity index (χ1n) is 8.83. The Bertz CT molecular complexity index is 1220. The fourth-order valence-corrected chi connectivity index (χ4v) is 3.40. The number of ether oxygens (including phenoxy) is 1. The van der Waals surface area contributed by atoms with Gasteiger partial charge in [0.15, 0.2) is 4.77 Å². The number of hydrogen-bond acceptors (Lipinski definition) is 7. The van der Waals surface area contributed by atoms with Crippen LogP contribution in [0.2, 0.25) is 5.02 Å². The predicted octanol–water partition coefficient (Wildman–Crippen LogP) is 1.84. The number of aromatic nitrogens is 3. The van der Waals surface area contributed by atoms with Crippen molar-refractivity contribution in [3.63, 3.8) is 0 Å². The molecule has 0 unspecified atom stereocenters. The van der Waals surface area contributed by atoms with Crippen molar-refractivity contribution in [2.75, 3.05) is 6.61 Å². The van der Waals surface area contributed by atoms with Crippen molar-refractivity contribution in [2.24, 2.45) is 19.3 Å². The highest BCUT2D eigenvalue weighted by Crippen LogP contribution is 2.32. The molecule has 160 valence electrons. The minimum absolute atomic E-state index is 0.00239. The third kappa shape index (κ3) is 3.47. The van der Waals surface area contributed by atoms with Crippen LogP contribution in [0.4, 0.5) is 4.39 Å². The summed E-state index contributed by atoms with van der Waals surface area (Å²) in [5.41, 5.74) is -2.90. The summed E-state index contributed by atoms with van der Waals surface area (Å²) in [5, 5.41) is 3.87. The van der Waals surface area contributed by atoms with E-state index >= 15 is 0 Å². The second-order valence-corrected chi connectivity index (χ2v) is 7.61. The number of carbonyl (C=O) groups excluding carboxylic acids is 1. The van der Waals surface area contributed by atoms with E-state index in [1.807, 2.05) is 0 Å². The van der Waals surface area contributed by atoms with Crippen molar-refractivity contribution < 1.29 is 18.8 Å². The van der Waals surface area contributed by atoms with Crippen molar-refractivity contribution >= 4 is 35.5 Å². The first-order valence-corrected chi connectivity index (χ1v) is 9.61. The molecular weight excluding hydrogens is 439 g/mol. The Labute approximate surface area is 179 Å². The van der Waals surface area contributed by atoms with E-state index < -0.39 is 28.8 Å². The highest BCUT2D eigenvalue weighted by Gasteiger charge is 2.44. The van der Waals surface area contributed by atoms with Crippen molar-refractivity contribution in [1.82, 2.24) is 13.7 Å². The number of nitrogens with zero attached hydrogens (tertiary/aromatic N) is 4. The van der Waals surface area contributed by atoms with Crippen LogP contribution >= 0.6 is 23.8 Å². The summed E-state index contributed by atoms with van der Waals surface area (Å²) in [6.45, 7) is 3.33. The molecule has 9 nitrogen and oxygen atoms in total. The molecule has 30 heavy (non-hydrogen) atoms. The van der Waals surface area contributed by atoms with E-state index in [4.69, 9.17) is 33.4 Å². The van der Waals surface area contributed by atoms with E-state index in [-0.39, 0.29) is 39.8 Å². The Morgan fingerprint density at radius 3 is 2.50 bits per heavy atom. The Hall–Kier alpha value is -2.79. The van der Waals surface area contributed by atoms with E-state index in [0.717, 1.165) is 15.2 Å². The molecule has 0 fully saturated rings. The molecule has 0 spiro atoms. The molecule has 2 aromatic rings. The summed E-state index contributed by atoms with van der Waals surface area (Å²) >= 11 is 11.2. The maximum Gasteiger partial charge on any atom is 0.353 e. The number of carbonyl (C=O) groups is 1. The van der Waals surface area contributed by atoms with Crippen LogP contribution in [-0.2, 0) is 28.5 Å². The molecule has 1 aromatic heterocycles. The number of rotatable bonds is 4. The third-order valence-corrected chi connectivity index (χ3v) is 5.55. The summed E-state index contributed by atoms with van der Waals surface area (Å²) in [5.74, 6) is -1.51. The van der Waals surface area contributed by atoms with Crippen LogP contribution in [0.3, 0.4) is 0 Å². The van der Waals surface area contributed by atoms with Crippen LogP contribution in [0.1, 0.15) is 25.8 Å². The van der Waals surface area contributed by atoms with Gasteiger partial charge in [-0.3, -0.25) is 9.13 Å². The molecule has 1 aliphatic rings. The minimum Gasteiger partial charge on any atom is -0.463 e. The van der Waals surface area contributed by atoms with E-state index in [1.54, 1.807) is 6.92 Å². The molecular formula is C18H18ClFN4O5S. The van der Waals surface area contributed by atoms with Gasteiger partial charge in [0, 0.05) is 26.1 Å². The monoisotopic (exact) mass is 456 g/mol. The molecule has 12 heteroatoms. The van der Waals surface area contributed by atoms with Crippen LogP contribution in [0, 0.1) is 10.6 Å². The van der Waals surface area contributed by atoms with Gasteiger partial charge in [0.05, 0.1) is 23.0 Å². The van der Waals surface area contributed by atoms with Crippen LogP contribution in [0.25, 0.3) is 5.69 Å². The van der Waals surface area contributed by atoms with Crippen LogP contribution in [0.5, 0.6) is 0 Å². The molecule has 0 amide bonds. The van der Waals surface area contributed by atoms with Crippen molar-refractivity contribution in [3.05, 3.63) is 54.3 Å². The van der Waals surface area contributed by atoms with Gasteiger partial charge in [-0.15, -0.1) is 0 Å². The molecule has 0 N–H and O–H groups in total. The molecule has 1 aliphatic heterocycles. The zero-order valence-electron chi connectivity index (χ0n) is 16.6. The number of oxime groups is 1. The number of benzene rings is 1. The van der Waals surface area contributed by atoms with Gasteiger partial charge in [0.2, 0.25) is 5.60 Å². The SMILES string of the molecule is CCOC(=O)[C@@]1(C)CC(c2cc(-n3c(=O)n(C)c(=S)n(C)c3=O)c(F)cc2Cl)=NO1. The Kier molecular flexibility index (Phi) is 5.70. The maximum atomic E-state index is 14.7. The topological polar surface area (TPSA) is 96.8 Å². The zero-order valence-corrected chi connectivity index (χ0v) is 18.1. The number of hydrogen-bond donors (Lipinski definition) is 0. The summed E-state index contributed by atoms with van der Waals surface area (Å²) in [6, 6.07) is 2.17. The summed E-state index contributed by atoms with van der Waals surface area (Å²) in [4.78, 5) is 42.7. The standard InChI is InChI=1S/C18H18ClFN4O5S/c1-5-28-14(25)18(2)8-12(21-29-18)9-6-13(11(20)7-10(9)19)24-15(26)22(3)17(30)23(4)16(24)27/h6-7H,5,8H2,1-4H3/t18-/m1/s1. The lowest BCUT2D eigenvalue weighted by molar-refractivity contribution is -0.166. The van der Waals surface area contributed by atoms with Gasteiger partial charge in [0.1, 0.15) is 5.82 Å². The molecule has 0 bridgehead atoms. The normalized spacial score (nSPS) is 18.1. The zero-order chi connectivity index (χ0) is 22.4. The van der Waals surface area contributed by atoms with Gasteiger partial charge >= 0.3 is 17.3 Å². The van der Waals surface area contributed by atoms with E-state index in [9.17, 15) is 18.8 Å². The second kappa shape index (κ2) is 7.80. The summed E-state index contributed by atoms with van der Waals surface area (Å²) < 4.78 is 22.4. The van der Waals surface area contributed by atoms with Crippen molar-refractivity contribution in [3.8, 4) is 5.69 Å². The molecule has 0 radical (unpaired) electrons. The average Bonchev–Trinajstić information content (AvgIpc) is 3.10. The van der Waals surface area contributed by atoms with Crippen molar-refractivity contribution in [1.29, 1.82) is 0 Å². The molecule has 3 rings (SSSR count). The molecule has 2 heterocycles. The van der Waals surface area contributed by atoms with E-state index in [2.05, 4.69) is 5.16 Å². The molecule has 0 aliphatic carbocycles. The Morgan fingerprint density at radius 2 is 1.93 bits per heavy atom. The fourth-order valence-electron chi connectivity index (χ4n) is 2.98. The minimum atomic E-state index is -1.37. The predicted molar refractivity (Wildman–Crippen MR) is 109 cm³/mol. The van der Waals surface area contributed by atoms with Crippen LogP contribution < -0.4 is 11.4 Å². The summed E-state index contributed by atoms with van der Waals surface area (Å²) in [7, 11) is 2.74. The molecule has 0 saturated carbocycles. The van der Waals surface area contributed by atoms with E-state index in [1.165, 1.54) is 27.1 Å². The third-order valence-electron chi connectivity index (χ3n) is 4.69. The first kappa shape index (κ1) is 21.9. The van der Waals surface area contributed by atoms with E-state index in [0.29, 0.717) is 4.57 Å². The number of esters is 1. The lowest BCUT2D eigenvalue weighted by Crippen LogP contribution is -2.44. The van der Waals surface area contributed by atoms with Gasteiger partial charge in [0.25, 0.3) is 0 Å². The Balaban J connectivity index is 2.15. The Morgan fingerprint density at radius 1 is 1.33 bits per heavy atom. The number of halogens is 2.